The maximum absolute atomic E-state index is 6.61. The topological polar surface area (TPSA) is 81.6 Å². The van der Waals surface area contributed by atoms with Gasteiger partial charge in [-0.25, -0.2) is 14.5 Å². The van der Waals surface area contributed by atoms with Crippen LogP contribution in [0.3, 0.4) is 0 Å². The standard InChI is InChI=1S/C24H22Cl2N6O/c1-14-20(15-4-2-6-17(25)19(15)26)32-18(7-11-29-32)22(30-14)31-12-8-24(9-13-31)21(27)16-5-3-10-28-23(16)33-24/h2-7,10-11,21H,8-9,12-13,27H2,1H3/t21-/m1/s1. The van der Waals surface area contributed by atoms with Crippen molar-refractivity contribution >= 4 is 34.5 Å². The molecular weight excluding hydrogens is 459 g/mol. The second-order valence-electron chi connectivity index (χ2n) is 8.63. The first kappa shape index (κ1) is 20.7. The van der Waals surface area contributed by atoms with Crippen molar-refractivity contribution in [1.82, 2.24) is 19.6 Å². The number of hydrogen-bond donors (Lipinski definition) is 1. The monoisotopic (exact) mass is 480 g/mol. The average Bonchev–Trinajstić information content (AvgIpc) is 3.40. The number of aromatic nitrogens is 4. The Bertz CT molecular complexity index is 1380. The van der Waals surface area contributed by atoms with Crippen LogP contribution >= 0.6 is 23.2 Å². The Morgan fingerprint density at radius 2 is 1.91 bits per heavy atom. The third-order valence-corrected chi connectivity index (χ3v) is 7.64. The van der Waals surface area contributed by atoms with E-state index in [1.165, 1.54) is 0 Å². The number of anilines is 1. The first-order chi connectivity index (χ1) is 16.0. The number of fused-ring (bicyclic) bond motifs is 2. The zero-order valence-corrected chi connectivity index (χ0v) is 19.5. The lowest BCUT2D eigenvalue weighted by Gasteiger charge is -2.41. The molecule has 0 aliphatic carbocycles. The highest BCUT2D eigenvalue weighted by molar-refractivity contribution is 6.43. The summed E-state index contributed by atoms with van der Waals surface area (Å²) in [5.74, 6) is 1.55. The Labute approximate surface area is 201 Å². The van der Waals surface area contributed by atoms with Crippen molar-refractivity contribution in [3.63, 3.8) is 0 Å². The molecule has 0 amide bonds. The van der Waals surface area contributed by atoms with E-state index in [4.69, 9.17) is 38.7 Å². The Morgan fingerprint density at radius 1 is 1.09 bits per heavy atom. The van der Waals surface area contributed by atoms with Gasteiger partial charge in [-0.1, -0.05) is 41.4 Å². The van der Waals surface area contributed by atoms with E-state index in [1.54, 1.807) is 18.5 Å². The molecule has 7 nitrogen and oxygen atoms in total. The van der Waals surface area contributed by atoms with Gasteiger partial charge in [0.2, 0.25) is 5.88 Å². The van der Waals surface area contributed by atoms with E-state index in [-0.39, 0.29) is 6.04 Å². The molecular formula is C24H22Cl2N6O. The predicted octanol–water partition coefficient (Wildman–Crippen LogP) is 4.84. The predicted molar refractivity (Wildman–Crippen MR) is 129 cm³/mol. The molecule has 0 unspecified atom stereocenters. The van der Waals surface area contributed by atoms with Crippen LogP contribution in [0.15, 0.2) is 48.8 Å². The van der Waals surface area contributed by atoms with E-state index in [0.29, 0.717) is 15.9 Å². The summed E-state index contributed by atoms with van der Waals surface area (Å²) in [6.07, 6.45) is 5.10. The molecule has 2 aliphatic heterocycles. The molecule has 9 heteroatoms. The van der Waals surface area contributed by atoms with Gasteiger partial charge in [0.15, 0.2) is 5.82 Å². The fraction of sp³-hybridized carbons (Fsp3) is 0.292. The molecule has 2 aliphatic rings. The van der Waals surface area contributed by atoms with Crippen molar-refractivity contribution in [3.05, 3.63) is 70.1 Å². The number of rotatable bonds is 2. The van der Waals surface area contributed by atoms with Gasteiger partial charge in [-0.15, -0.1) is 0 Å². The molecule has 0 bridgehead atoms. The van der Waals surface area contributed by atoms with Gasteiger partial charge in [0.25, 0.3) is 0 Å². The Hall–Kier alpha value is -2.87. The number of ether oxygens (including phenoxy) is 1. The lowest BCUT2D eigenvalue weighted by Crippen LogP contribution is -2.51. The van der Waals surface area contributed by atoms with E-state index in [2.05, 4.69) is 15.0 Å². The molecule has 5 heterocycles. The van der Waals surface area contributed by atoms with E-state index in [0.717, 1.165) is 59.8 Å². The van der Waals surface area contributed by atoms with Gasteiger partial charge < -0.3 is 15.4 Å². The van der Waals surface area contributed by atoms with Crippen molar-refractivity contribution in [3.8, 4) is 17.1 Å². The van der Waals surface area contributed by atoms with E-state index < -0.39 is 5.60 Å². The lowest BCUT2D eigenvalue weighted by atomic mass is 9.83. The molecule has 1 atom stereocenters. The van der Waals surface area contributed by atoms with Gasteiger partial charge in [-0.2, -0.15) is 5.10 Å². The first-order valence-corrected chi connectivity index (χ1v) is 11.7. The van der Waals surface area contributed by atoms with Crippen LogP contribution in [0.4, 0.5) is 5.82 Å². The fourth-order valence-corrected chi connectivity index (χ4v) is 5.47. The van der Waals surface area contributed by atoms with E-state index in [1.807, 2.05) is 41.8 Å². The number of nitrogens with two attached hydrogens (primary N) is 1. The number of pyridine rings is 1. The van der Waals surface area contributed by atoms with Gasteiger partial charge in [-0.05, 0) is 25.1 Å². The number of nitrogens with zero attached hydrogens (tertiary/aromatic N) is 5. The van der Waals surface area contributed by atoms with Crippen molar-refractivity contribution < 1.29 is 4.74 Å². The summed E-state index contributed by atoms with van der Waals surface area (Å²) < 4.78 is 8.20. The maximum Gasteiger partial charge on any atom is 0.218 e. The SMILES string of the molecule is Cc1nc(N2CCC3(CC2)Oc2ncccc2[C@H]3N)c2ccnn2c1-c1cccc(Cl)c1Cl. The molecule has 33 heavy (non-hydrogen) atoms. The summed E-state index contributed by atoms with van der Waals surface area (Å²) in [4.78, 5) is 11.7. The summed E-state index contributed by atoms with van der Waals surface area (Å²) in [5.41, 5.74) is 10.6. The van der Waals surface area contributed by atoms with Crippen LogP contribution in [-0.4, -0.2) is 38.3 Å². The van der Waals surface area contributed by atoms with Crippen molar-refractivity contribution in [1.29, 1.82) is 0 Å². The minimum absolute atomic E-state index is 0.180. The first-order valence-electron chi connectivity index (χ1n) is 10.9. The van der Waals surface area contributed by atoms with Crippen LogP contribution in [0.2, 0.25) is 10.0 Å². The number of hydrogen-bond acceptors (Lipinski definition) is 6. The lowest BCUT2D eigenvalue weighted by molar-refractivity contribution is 0.0398. The van der Waals surface area contributed by atoms with Gasteiger partial charge in [0.05, 0.1) is 33.7 Å². The molecule has 0 saturated carbocycles. The second-order valence-corrected chi connectivity index (χ2v) is 9.41. The van der Waals surface area contributed by atoms with Crippen LogP contribution in [0.5, 0.6) is 5.88 Å². The number of aryl methyl sites for hydroxylation is 1. The molecule has 2 N–H and O–H groups in total. The second kappa shape index (κ2) is 7.58. The molecule has 4 aromatic rings. The highest BCUT2D eigenvalue weighted by Gasteiger charge is 2.49. The van der Waals surface area contributed by atoms with E-state index in [9.17, 15) is 0 Å². The molecule has 168 valence electrons. The van der Waals surface area contributed by atoms with Crippen molar-refractivity contribution in [2.24, 2.45) is 5.73 Å². The van der Waals surface area contributed by atoms with Crippen LogP contribution in [-0.2, 0) is 0 Å². The molecule has 0 radical (unpaired) electrons. The largest absolute Gasteiger partial charge is 0.469 e. The molecule has 3 aromatic heterocycles. The molecule has 1 saturated heterocycles. The Morgan fingerprint density at radius 3 is 2.70 bits per heavy atom. The molecule has 1 spiro atoms. The zero-order valence-electron chi connectivity index (χ0n) is 18.0. The summed E-state index contributed by atoms with van der Waals surface area (Å²) in [5, 5.41) is 5.58. The average molecular weight is 481 g/mol. The van der Waals surface area contributed by atoms with Crippen LogP contribution in [0.25, 0.3) is 16.8 Å². The quantitative estimate of drug-likeness (QED) is 0.442. The van der Waals surface area contributed by atoms with Gasteiger partial charge in [0.1, 0.15) is 11.1 Å². The summed E-state index contributed by atoms with van der Waals surface area (Å²) in [7, 11) is 0. The van der Waals surface area contributed by atoms with Crippen LogP contribution in [0, 0.1) is 6.92 Å². The summed E-state index contributed by atoms with van der Waals surface area (Å²) in [6, 6.07) is 11.3. The Balaban J connectivity index is 1.34. The number of piperidine rings is 1. The van der Waals surface area contributed by atoms with Crippen LogP contribution < -0.4 is 15.4 Å². The minimum Gasteiger partial charge on any atom is -0.469 e. The minimum atomic E-state index is -0.424. The Kier molecular flexibility index (Phi) is 4.76. The third-order valence-electron chi connectivity index (χ3n) is 6.82. The fourth-order valence-electron chi connectivity index (χ4n) is 5.08. The zero-order chi connectivity index (χ0) is 22.7. The van der Waals surface area contributed by atoms with Gasteiger partial charge >= 0.3 is 0 Å². The van der Waals surface area contributed by atoms with Crippen molar-refractivity contribution in [2.45, 2.75) is 31.4 Å². The van der Waals surface area contributed by atoms with Crippen LogP contribution in [0.1, 0.15) is 30.1 Å². The highest BCUT2D eigenvalue weighted by atomic mass is 35.5. The van der Waals surface area contributed by atoms with Gasteiger partial charge in [0, 0.05) is 43.3 Å². The van der Waals surface area contributed by atoms with E-state index >= 15 is 0 Å². The number of halogens is 2. The molecule has 1 fully saturated rings. The number of benzene rings is 1. The summed E-state index contributed by atoms with van der Waals surface area (Å²) in [6.45, 7) is 3.51. The third kappa shape index (κ3) is 3.10. The molecule has 1 aromatic carbocycles. The maximum atomic E-state index is 6.61. The smallest absolute Gasteiger partial charge is 0.218 e. The summed E-state index contributed by atoms with van der Waals surface area (Å²) >= 11 is 12.8. The van der Waals surface area contributed by atoms with Gasteiger partial charge in [-0.3, -0.25) is 0 Å². The van der Waals surface area contributed by atoms with Crippen molar-refractivity contribution in [2.75, 3.05) is 18.0 Å². The highest BCUT2D eigenvalue weighted by Crippen LogP contribution is 2.46. The normalized spacial score (nSPS) is 19.2. The molecule has 6 rings (SSSR count).